The van der Waals surface area contributed by atoms with Crippen molar-refractivity contribution in [3.05, 3.63) is 23.8 Å². The SMILES string of the molecule is COc1ccc(C(C)NC(=O)[C@@H]2CC[C@H](CN)O2)cc1OC.Cl. The number of benzene rings is 1. The third-order valence-corrected chi connectivity index (χ3v) is 3.93. The molecule has 7 heteroatoms. The molecule has 1 saturated heterocycles. The van der Waals surface area contributed by atoms with Gasteiger partial charge in [-0.2, -0.15) is 0 Å². The minimum Gasteiger partial charge on any atom is -0.493 e. The number of hydrogen-bond acceptors (Lipinski definition) is 5. The van der Waals surface area contributed by atoms with Gasteiger partial charge in [0.1, 0.15) is 6.10 Å². The van der Waals surface area contributed by atoms with Crippen molar-refractivity contribution in [1.29, 1.82) is 0 Å². The molecular weight excluding hydrogens is 320 g/mol. The largest absolute Gasteiger partial charge is 0.493 e. The highest BCUT2D eigenvalue weighted by Crippen LogP contribution is 2.30. The highest BCUT2D eigenvalue weighted by molar-refractivity contribution is 5.85. The summed E-state index contributed by atoms with van der Waals surface area (Å²) in [6.45, 7) is 2.38. The molecule has 1 aliphatic rings. The summed E-state index contributed by atoms with van der Waals surface area (Å²) in [5, 5.41) is 2.97. The Bertz CT molecular complexity index is 527. The molecule has 3 N–H and O–H groups in total. The van der Waals surface area contributed by atoms with Crippen molar-refractivity contribution < 1.29 is 19.0 Å². The average molecular weight is 345 g/mol. The molecule has 1 aromatic rings. The van der Waals surface area contributed by atoms with Crippen LogP contribution in [0.25, 0.3) is 0 Å². The van der Waals surface area contributed by atoms with Gasteiger partial charge >= 0.3 is 0 Å². The predicted molar refractivity (Wildman–Crippen MR) is 90.3 cm³/mol. The molecule has 1 unspecified atom stereocenters. The molecule has 0 radical (unpaired) electrons. The van der Waals surface area contributed by atoms with Gasteiger partial charge in [0.05, 0.1) is 26.4 Å². The number of methoxy groups -OCH3 is 2. The van der Waals surface area contributed by atoms with Gasteiger partial charge in [-0.1, -0.05) is 6.07 Å². The lowest BCUT2D eigenvalue weighted by atomic mass is 10.1. The topological polar surface area (TPSA) is 82.8 Å². The van der Waals surface area contributed by atoms with Crippen molar-refractivity contribution in [2.24, 2.45) is 5.73 Å². The zero-order valence-electron chi connectivity index (χ0n) is 13.7. The Morgan fingerprint density at radius 3 is 2.61 bits per heavy atom. The molecule has 0 bridgehead atoms. The van der Waals surface area contributed by atoms with Crippen LogP contribution in [0.15, 0.2) is 18.2 Å². The second-order valence-corrected chi connectivity index (χ2v) is 5.40. The van der Waals surface area contributed by atoms with Gasteiger partial charge in [-0.05, 0) is 37.5 Å². The fourth-order valence-electron chi connectivity index (χ4n) is 2.58. The maximum absolute atomic E-state index is 12.2. The van der Waals surface area contributed by atoms with E-state index in [0.29, 0.717) is 24.5 Å². The summed E-state index contributed by atoms with van der Waals surface area (Å²) >= 11 is 0. The molecule has 6 nitrogen and oxygen atoms in total. The average Bonchev–Trinajstić information content (AvgIpc) is 3.03. The Hall–Kier alpha value is -1.50. The number of rotatable bonds is 6. The summed E-state index contributed by atoms with van der Waals surface area (Å²) in [6, 6.07) is 5.45. The summed E-state index contributed by atoms with van der Waals surface area (Å²) in [7, 11) is 3.18. The van der Waals surface area contributed by atoms with Gasteiger partial charge in [0.2, 0.25) is 5.91 Å². The molecule has 0 saturated carbocycles. The molecule has 0 spiro atoms. The summed E-state index contributed by atoms with van der Waals surface area (Å²) in [5.41, 5.74) is 6.51. The lowest BCUT2D eigenvalue weighted by Gasteiger charge is -2.19. The van der Waals surface area contributed by atoms with Crippen molar-refractivity contribution in [2.75, 3.05) is 20.8 Å². The smallest absolute Gasteiger partial charge is 0.249 e. The molecule has 1 amide bonds. The fourth-order valence-corrected chi connectivity index (χ4v) is 2.58. The van der Waals surface area contributed by atoms with Gasteiger partial charge in [-0.3, -0.25) is 4.79 Å². The van der Waals surface area contributed by atoms with E-state index in [4.69, 9.17) is 19.9 Å². The predicted octanol–water partition coefficient (Wildman–Crippen LogP) is 1.81. The van der Waals surface area contributed by atoms with E-state index in [1.54, 1.807) is 14.2 Å². The second kappa shape index (κ2) is 8.96. The van der Waals surface area contributed by atoms with E-state index < -0.39 is 6.10 Å². The Morgan fingerprint density at radius 2 is 2.04 bits per heavy atom. The molecule has 1 aromatic carbocycles. The standard InChI is InChI=1S/C16H24N2O4.ClH/c1-10(11-4-6-13(20-2)15(8-11)21-3)18-16(19)14-7-5-12(9-17)22-14;/h4,6,8,10,12,14H,5,7,9,17H2,1-3H3,(H,18,19);1H/t10?,12-,14+;/m1./s1. The summed E-state index contributed by atoms with van der Waals surface area (Å²) in [4.78, 5) is 12.2. The highest BCUT2D eigenvalue weighted by atomic mass is 35.5. The normalized spacial score (nSPS) is 21.2. The lowest BCUT2D eigenvalue weighted by molar-refractivity contribution is -0.132. The van der Waals surface area contributed by atoms with Crippen LogP contribution < -0.4 is 20.5 Å². The summed E-state index contributed by atoms with van der Waals surface area (Å²) in [6.07, 6.45) is 1.13. The number of nitrogens with two attached hydrogens (primary N) is 1. The van der Waals surface area contributed by atoms with E-state index in [1.807, 2.05) is 25.1 Å². The number of carbonyl (C=O) groups excluding carboxylic acids is 1. The van der Waals surface area contributed by atoms with E-state index in [-0.39, 0.29) is 30.5 Å². The van der Waals surface area contributed by atoms with Crippen LogP contribution in [-0.4, -0.2) is 38.9 Å². The third kappa shape index (κ3) is 4.73. The molecule has 0 aromatic heterocycles. The summed E-state index contributed by atoms with van der Waals surface area (Å²) in [5.74, 6) is 1.20. The number of nitrogens with one attached hydrogen (secondary N) is 1. The highest BCUT2D eigenvalue weighted by Gasteiger charge is 2.30. The molecule has 2 rings (SSSR count). The number of amides is 1. The number of hydrogen-bond donors (Lipinski definition) is 2. The van der Waals surface area contributed by atoms with Crippen LogP contribution >= 0.6 is 12.4 Å². The molecule has 1 heterocycles. The number of carbonyl (C=O) groups is 1. The van der Waals surface area contributed by atoms with Crippen LogP contribution in [0.5, 0.6) is 11.5 Å². The van der Waals surface area contributed by atoms with Gasteiger partial charge in [-0.15, -0.1) is 12.4 Å². The van der Waals surface area contributed by atoms with Gasteiger partial charge < -0.3 is 25.3 Å². The van der Waals surface area contributed by atoms with Crippen molar-refractivity contribution in [2.45, 2.75) is 38.0 Å². The lowest BCUT2D eigenvalue weighted by Crippen LogP contribution is -2.37. The molecular formula is C16H25ClN2O4. The van der Waals surface area contributed by atoms with Crippen molar-refractivity contribution in [3.8, 4) is 11.5 Å². The molecule has 130 valence electrons. The zero-order valence-corrected chi connectivity index (χ0v) is 14.5. The second-order valence-electron chi connectivity index (χ2n) is 5.40. The fraction of sp³-hybridized carbons (Fsp3) is 0.562. The monoisotopic (exact) mass is 344 g/mol. The Kier molecular flexibility index (Phi) is 7.61. The minimum absolute atomic E-state index is 0. The van der Waals surface area contributed by atoms with Crippen LogP contribution in [0.2, 0.25) is 0 Å². The Labute approximate surface area is 143 Å². The maximum Gasteiger partial charge on any atom is 0.249 e. The van der Waals surface area contributed by atoms with Gasteiger partial charge in [0.15, 0.2) is 11.5 Å². The van der Waals surface area contributed by atoms with Crippen molar-refractivity contribution in [1.82, 2.24) is 5.32 Å². The van der Waals surface area contributed by atoms with Gasteiger partial charge in [0.25, 0.3) is 0 Å². The van der Waals surface area contributed by atoms with Crippen LogP contribution in [0.1, 0.15) is 31.4 Å². The quantitative estimate of drug-likeness (QED) is 0.822. The van der Waals surface area contributed by atoms with Crippen molar-refractivity contribution in [3.63, 3.8) is 0 Å². The van der Waals surface area contributed by atoms with Crippen LogP contribution in [0, 0.1) is 0 Å². The van der Waals surface area contributed by atoms with Crippen LogP contribution in [-0.2, 0) is 9.53 Å². The van der Waals surface area contributed by atoms with E-state index in [1.165, 1.54) is 0 Å². The Balaban J connectivity index is 0.00000264. The molecule has 1 aliphatic heterocycles. The first kappa shape index (κ1) is 19.5. The first-order valence-electron chi connectivity index (χ1n) is 7.46. The van der Waals surface area contributed by atoms with Crippen LogP contribution in [0.4, 0.5) is 0 Å². The van der Waals surface area contributed by atoms with E-state index in [9.17, 15) is 4.79 Å². The first-order valence-corrected chi connectivity index (χ1v) is 7.46. The molecule has 23 heavy (non-hydrogen) atoms. The number of halogens is 1. The van der Waals surface area contributed by atoms with E-state index >= 15 is 0 Å². The third-order valence-electron chi connectivity index (χ3n) is 3.93. The van der Waals surface area contributed by atoms with Crippen molar-refractivity contribution >= 4 is 18.3 Å². The minimum atomic E-state index is -0.406. The van der Waals surface area contributed by atoms with E-state index in [0.717, 1.165) is 12.0 Å². The molecule has 3 atom stereocenters. The first-order chi connectivity index (χ1) is 10.6. The summed E-state index contributed by atoms with van der Waals surface area (Å²) < 4.78 is 16.1. The molecule has 1 fully saturated rings. The zero-order chi connectivity index (χ0) is 16.1. The number of ether oxygens (including phenoxy) is 3. The molecule has 0 aliphatic carbocycles. The Morgan fingerprint density at radius 1 is 1.35 bits per heavy atom. The van der Waals surface area contributed by atoms with Gasteiger partial charge in [0, 0.05) is 6.54 Å². The van der Waals surface area contributed by atoms with Crippen LogP contribution in [0.3, 0.4) is 0 Å². The van der Waals surface area contributed by atoms with E-state index in [2.05, 4.69) is 5.32 Å². The maximum atomic E-state index is 12.2. The van der Waals surface area contributed by atoms with Gasteiger partial charge in [-0.25, -0.2) is 0 Å².